The Morgan fingerprint density at radius 2 is 2.40 bits per heavy atom. The van der Waals surface area contributed by atoms with E-state index < -0.39 is 0 Å². The molecule has 1 aliphatic heterocycles. The van der Waals surface area contributed by atoms with Crippen LogP contribution in [-0.4, -0.2) is 41.6 Å². The molecule has 1 fully saturated rings. The van der Waals surface area contributed by atoms with Gasteiger partial charge in [-0.3, -0.25) is 0 Å². The van der Waals surface area contributed by atoms with Crippen LogP contribution >= 0.6 is 0 Å². The Morgan fingerprint density at radius 3 is 3.15 bits per heavy atom. The number of carbonyl (C=O) groups is 1. The maximum Gasteiger partial charge on any atom is 0.317 e. The summed E-state index contributed by atoms with van der Waals surface area (Å²) in [4.78, 5) is 18.3. The van der Waals surface area contributed by atoms with Gasteiger partial charge in [0.2, 0.25) is 0 Å². The number of pyridine rings is 1. The normalized spacial score (nSPS) is 18.1. The number of nitrogens with zero attached hydrogens (tertiary/aromatic N) is 2. The minimum absolute atomic E-state index is 0.0729. The molecule has 2 heterocycles. The lowest BCUT2D eigenvalue weighted by Crippen LogP contribution is -2.45. The molecule has 2 N–H and O–H groups in total. The van der Waals surface area contributed by atoms with E-state index in [1.807, 2.05) is 23.1 Å². The number of nitrogens with one attached hydrogen (secondary N) is 2. The highest BCUT2D eigenvalue weighted by Crippen LogP contribution is 2.17. The summed E-state index contributed by atoms with van der Waals surface area (Å²) in [7, 11) is 0. The highest BCUT2D eigenvalue weighted by molar-refractivity contribution is 5.74. The molecule has 1 unspecified atom stereocenters. The van der Waals surface area contributed by atoms with Crippen LogP contribution in [0.15, 0.2) is 24.4 Å². The van der Waals surface area contributed by atoms with Gasteiger partial charge < -0.3 is 15.5 Å². The maximum absolute atomic E-state index is 12.1. The molecular formula is C15H24N4O. The first-order valence-corrected chi connectivity index (χ1v) is 7.50. The van der Waals surface area contributed by atoms with Crippen LogP contribution in [0.1, 0.15) is 32.6 Å². The summed E-state index contributed by atoms with van der Waals surface area (Å²) < 4.78 is 0. The van der Waals surface area contributed by atoms with Crippen LogP contribution < -0.4 is 10.6 Å². The molecule has 1 saturated heterocycles. The minimum Gasteiger partial charge on any atom is -0.368 e. The number of aromatic nitrogens is 1. The van der Waals surface area contributed by atoms with Gasteiger partial charge in [0.15, 0.2) is 0 Å². The van der Waals surface area contributed by atoms with Crippen LogP contribution in [0, 0.1) is 0 Å². The number of hydrogen-bond donors (Lipinski definition) is 2. The third-order valence-corrected chi connectivity index (χ3v) is 3.63. The second-order valence-electron chi connectivity index (χ2n) is 5.17. The molecule has 1 aromatic heterocycles. The van der Waals surface area contributed by atoms with Crippen LogP contribution in [0.3, 0.4) is 0 Å². The standard InChI is InChI=1S/C15H24N4O/c1-2-3-9-17-15(20)19-11-6-7-13(19)12-18-14-8-4-5-10-16-14/h4-5,8,10,13H,2-3,6-7,9,11-12H2,1H3,(H,16,18)(H,17,20). The predicted octanol–water partition coefficient (Wildman–Crippen LogP) is 2.47. The molecule has 2 amide bonds. The summed E-state index contributed by atoms with van der Waals surface area (Å²) in [6, 6.07) is 6.14. The second kappa shape index (κ2) is 7.72. The Kier molecular flexibility index (Phi) is 5.65. The van der Waals surface area contributed by atoms with Crippen molar-refractivity contribution in [2.24, 2.45) is 0 Å². The van der Waals surface area contributed by atoms with Crippen molar-refractivity contribution in [3.8, 4) is 0 Å². The fourth-order valence-corrected chi connectivity index (χ4v) is 2.48. The molecule has 0 saturated carbocycles. The van der Waals surface area contributed by atoms with E-state index in [0.29, 0.717) is 0 Å². The first-order chi connectivity index (χ1) is 9.81. The molecule has 1 atom stereocenters. The largest absolute Gasteiger partial charge is 0.368 e. The number of carbonyl (C=O) groups excluding carboxylic acids is 1. The summed E-state index contributed by atoms with van der Waals surface area (Å²) in [6.45, 7) is 4.51. The first kappa shape index (κ1) is 14.6. The number of unbranched alkanes of at least 4 members (excludes halogenated alkanes) is 1. The summed E-state index contributed by atoms with van der Waals surface area (Å²) in [6.07, 6.45) is 6.05. The molecule has 2 rings (SSSR count). The molecule has 0 bridgehead atoms. The number of amides is 2. The molecule has 0 aliphatic carbocycles. The number of hydrogen-bond acceptors (Lipinski definition) is 3. The zero-order chi connectivity index (χ0) is 14.2. The average Bonchev–Trinajstić information content (AvgIpc) is 2.95. The third kappa shape index (κ3) is 4.11. The van der Waals surface area contributed by atoms with E-state index in [2.05, 4.69) is 22.5 Å². The fraction of sp³-hybridized carbons (Fsp3) is 0.600. The van der Waals surface area contributed by atoms with E-state index in [1.54, 1.807) is 6.20 Å². The van der Waals surface area contributed by atoms with E-state index in [4.69, 9.17) is 0 Å². The van der Waals surface area contributed by atoms with Crippen molar-refractivity contribution in [1.29, 1.82) is 0 Å². The Morgan fingerprint density at radius 1 is 1.50 bits per heavy atom. The quantitative estimate of drug-likeness (QED) is 0.785. The van der Waals surface area contributed by atoms with Crippen molar-refractivity contribution in [1.82, 2.24) is 15.2 Å². The fourth-order valence-electron chi connectivity index (χ4n) is 2.48. The van der Waals surface area contributed by atoms with Crippen molar-refractivity contribution >= 4 is 11.8 Å². The van der Waals surface area contributed by atoms with E-state index >= 15 is 0 Å². The van der Waals surface area contributed by atoms with Crippen LogP contribution in [0.4, 0.5) is 10.6 Å². The Hall–Kier alpha value is -1.78. The Balaban J connectivity index is 1.79. The Labute approximate surface area is 120 Å². The smallest absolute Gasteiger partial charge is 0.317 e. The van der Waals surface area contributed by atoms with E-state index in [0.717, 1.165) is 51.1 Å². The van der Waals surface area contributed by atoms with Crippen LogP contribution in [0.5, 0.6) is 0 Å². The predicted molar refractivity (Wildman–Crippen MR) is 80.8 cm³/mol. The van der Waals surface area contributed by atoms with Gasteiger partial charge >= 0.3 is 6.03 Å². The summed E-state index contributed by atoms with van der Waals surface area (Å²) >= 11 is 0. The lowest BCUT2D eigenvalue weighted by atomic mass is 10.2. The molecule has 20 heavy (non-hydrogen) atoms. The van der Waals surface area contributed by atoms with Gasteiger partial charge in [-0.25, -0.2) is 9.78 Å². The monoisotopic (exact) mass is 276 g/mol. The van der Waals surface area contributed by atoms with Gasteiger partial charge in [-0.2, -0.15) is 0 Å². The third-order valence-electron chi connectivity index (χ3n) is 3.63. The summed E-state index contributed by atoms with van der Waals surface area (Å²) in [5.74, 6) is 0.866. The van der Waals surface area contributed by atoms with E-state index in [9.17, 15) is 4.79 Å². The number of likely N-dealkylation sites (tertiary alicyclic amines) is 1. The zero-order valence-corrected chi connectivity index (χ0v) is 12.1. The molecule has 5 nitrogen and oxygen atoms in total. The molecular weight excluding hydrogens is 252 g/mol. The van der Waals surface area contributed by atoms with Gasteiger partial charge in [0.25, 0.3) is 0 Å². The number of anilines is 1. The van der Waals surface area contributed by atoms with Crippen LogP contribution in [0.2, 0.25) is 0 Å². The lowest BCUT2D eigenvalue weighted by molar-refractivity contribution is 0.194. The topological polar surface area (TPSA) is 57.3 Å². The van der Waals surface area contributed by atoms with Gasteiger partial charge in [-0.05, 0) is 31.4 Å². The van der Waals surface area contributed by atoms with Crippen molar-refractivity contribution < 1.29 is 4.79 Å². The zero-order valence-electron chi connectivity index (χ0n) is 12.1. The maximum atomic E-state index is 12.1. The molecule has 0 radical (unpaired) electrons. The molecule has 5 heteroatoms. The van der Waals surface area contributed by atoms with E-state index in [-0.39, 0.29) is 12.1 Å². The summed E-state index contributed by atoms with van der Waals surface area (Å²) in [5.41, 5.74) is 0. The van der Waals surface area contributed by atoms with Crippen LogP contribution in [0.25, 0.3) is 0 Å². The van der Waals surface area contributed by atoms with Crippen molar-refractivity contribution in [2.45, 2.75) is 38.6 Å². The molecule has 110 valence electrons. The first-order valence-electron chi connectivity index (χ1n) is 7.50. The van der Waals surface area contributed by atoms with Gasteiger partial charge in [0.05, 0.1) is 6.04 Å². The SMILES string of the molecule is CCCCNC(=O)N1CCCC1CNc1ccccn1. The lowest BCUT2D eigenvalue weighted by Gasteiger charge is -2.25. The molecule has 1 aromatic rings. The summed E-state index contributed by atoms with van der Waals surface area (Å²) in [5, 5.41) is 6.30. The molecule has 1 aliphatic rings. The number of rotatable bonds is 6. The van der Waals surface area contributed by atoms with Crippen molar-refractivity contribution in [3.63, 3.8) is 0 Å². The number of urea groups is 1. The van der Waals surface area contributed by atoms with E-state index in [1.165, 1.54) is 0 Å². The van der Waals surface area contributed by atoms with Gasteiger partial charge in [-0.15, -0.1) is 0 Å². The Bertz CT molecular complexity index is 410. The highest BCUT2D eigenvalue weighted by Gasteiger charge is 2.28. The van der Waals surface area contributed by atoms with Gasteiger partial charge in [-0.1, -0.05) is 19.4 Å². The second-order valence-corrected chi connectivity index (χ2v) is 5.17. The van der Waals surface area contributed by atoms with Crippen LogP contribution in [-0.2, 0) is 0 Å². The molecule has 0 spiro atoms. The van der Waals surface area contributed by atoms with Crippen molar-refractivity contribution in [3.05, 3.63) is 24.4 Å². The van der Waals surface area contributed by atoms with Gasteiger partial charge in [0.1, 0.15) is 5.82 Å². The average molecular weight is 276 g/mol. The minimum atomic E-state index is 0.0729. The molecule has 0 aromatic carbocycles. The van der Waals surface area contributed by atoms with Crippen molar-refractivity contribution in [2.75, 3.05) is 25.0 Å². The van der Waals surface area contributed by atoms with Gasteiger partial charge in [0, 0.05) is 25.8 Å². The highest BCUT2D eigenvalue weighted by atomic mass is 16.2.